The minimum absolute atomic E-state index is 0.000597. The van der Waals surface area contributed by atoms with Crippen LogP contribution in [0.5, 0.6) is 5.75 Å². The van der Waals surface area contributed by atoms with E-state index in [2.05, 4.69) is 10.6 Å². The molecule has 1 aliphatic rings. The van der Waals surface area contributed by atoms with E-state index in [9.17, 15) is 13.2 Å². The minimum atomic E-state index is -3.37. The molecule has 7 nitrogen and oxygen atoms in total. The molecule has 0 atom stereocenters. The Morgan fingerprint density at radius 3 is 2.37 bits per heavy atom. The molecule has 0 aliphatic carbocycles. The summed E-state index contributed by atoms with van der Waals surface area (Å²) in [5.74, 6) is 0.275. The lowest BCUT2D eigenvalue weighted by Gasteiger charge is -2.26. The molecule has 144 valence electrons. The van der Waals surface area contributed by atoms with E-state index in [-0.39, 0.29) is 23.4 Å². The van der Waals surface area contributed by atoms with Gasteiger partial charge in [-0.3, -0.25) is 9.69 Å². The van der Waals surface area contributed by atoms with E-state index in [4.69, 9.17) is 4.74 Å². The van der Waals surface area contributed by atoms with Crippen molar-refractivity contribution in [2.75, 3.05) is 38.8 Å². The van der Waals surface area contributed by atoms with Crippen LogP contribution in [0.25, 0.3) is 0 Å². The van der Waals surface area contributed by atoms with Gasteiger partial charge in [-0.05, 0) is 36.4 Å². The Morgan fingerprint density at radius 1 is 1.04 bits per heavy atom. The maximum absolute atomic E-state index is 12.5. The highest BCUT2D eigenvalue weighted by atomic mass is 32.2. The van der Waals surface area contributed by atoms with Crippen LogP contribution in [-0.2, 0) is 9.84 Å². The van der Waals surface area contributed by atoms with Crippen molar-refractivity contribution < 1.29 is 17.9 Å². The van der Waals surface area contributed by atoms with Gasteiger partial charge in [0.1, 0.15) is 11.6 Å². The minimum Gasteiger partial charge on any atom is -0.473 e. The van der Waals surface area contributed by atoms with Crippen molar-refractivity contribution in [2.45, 2.75) is 4.90 Å². The number of carbonyl (C=O) groups is 1. The number of carbonyl (C=O) groups excluding carboxylic acids is 1. The van der Waals surface area contributed by atoms with E-state index in [1.807, 2.05) is 11.0 Å². The van der Waals surface area contributed by atoms with Crippen LogP contribution >= 0.6 is 0 Å². The first-order valence-corrected chi connectivity index (χ1v) is 10.4. The predicted molar refractivity (Wildman–Crippen MR) is 102 cm³/mol. The monoisotopic (exact) mass is 389 g/mol. The van der Waals surface area contributed by atoms with Gasteiger partial charge in [-0.15, -0.1) is 0 Å². The molecule has 0 aromatic heterocycles. The van der Waals surface area contributed by atoms with Gasteiger partial charge in [0.25, 0.3) is 5.91 Å². The first-order chi connectivity index (χ1) is 13.0. The third-order valence-corrected chi connectivity index (χ3v) is 5.95. The third kappa shape index (κ3) is 5.53. The Kier molecular flexibility index (Phi) is 6.44. The second kappa shape index (κ2) is 8.98. The topological polar surface area (TPSA) is 87.7 Å². The summed E-state index contributed by atoms with van der Waals surface area (Å²) >= 11 is 0. The Hall–Kier alpha value is -2.42. The zero-order chi connectivity index (χ0) is 19.1. The van der Waals surface area contributed by atoms with Gasteiger partial charge >= 0.3 is 0 Å². The highest BCUT2D eigenvalue weighted by molar-refractivity contribution is 7.91. The lowest BCUT2D eigenvalue weighted by Crippen LogP contribution is -2.45. The van der Waals surface area contributed by atoms with Crippen molar-refractivity contribution in [3.63, 3.8) is 0 Å². The summed E-state index contributed by atoms with van der Waals surface area (Å²) in [7, 11) is -3.37. The summed E-state index contributed by atoms with van der Waals surface area (Å²) < 4.78 is 30.5. The van der Waals surface area contributed by atoms with Gasteiger partial charge < -0.3 is 15.4 Å². The number of piperazine rings is 1. The Balaban J connectivity index is 1.51. The van der Waals surface area contributed by atoms with Crippen molar-refractivity contribution in [3.8, 4) is 5.75 Å². The van der Waals surface area contributed by atoms with Gasteiger partial charge in [0.15, 0.2) is 16.6 Å². The van der Waals surface area contributed by atoms with Gasteiger partial charge in [0, 0.05) is 31.7 Å². The van der Waals surface area contributed by atoms with Crippen LogP contribution in [0.3, 0.4) is 0 Å². The third-order valence-electron chi connectivity index (χ3n) is 4.25. The molecule has 2 aromatic carbocycles. The number of ether oxygens (including phenoxy) is 1. The zero-order valence-electron chi connectivity index (χ0n) is 14.9. The van der Waals surface area contributed by atoms with E-state index < -0.39 is 9.84 Å². The van der Waals surface area contributed by atoms with E-state index >= 15 is 0 Å². The summed E-state index contributed by atoms with van der Waals surface area (Å²) in [4.78, 5) is 14.1. The molecule has 0 spiro atoms. The van der Waals surface area contributed by atoms with Crippen LogP contribution in [0.2, 0.25) is 0 Å². The van der Waals surface area contributed by atoms with Crippen molar-refractivity contribution >= 4 is 15.7 Å². The van der Waals surface area contributed by atoms with Crippen LogP contribution in [0.15, 0.2) is 59.5 Å². The Morgan fingerprint density at radius 2 is 1.70 bits per heavy atom. The average Bonchev–Trinajstić information content (AvgIpc) is 2.69. The number of hydrogen-bond donors (Lipinski definition) is 2. The van der Waals surface area contributed by atoms with E-state index in [0.717, 1.165) is 26.2 Å². The number of benzene rings is 2. The average molecular weight is 389 g/mol. The summed E-state index contributed by atoms with van der Waals surface area (Å²) in [6.45, 7) is 3.05. The number of nitrogens with zero attached hydrogens (tertiary/aromatic N) is 1. The Labute approximate surface area is 159 Å². The second-order valence-electron chi connectivity index (χ2n) is 6.24. The molecular formula is C19H23N3O4S. The molecule has 3 rings (SSSR count). The summed E-state index contributed by atoms with van der Waals surface area (Å²) in [5.41, 5.74) is 0.551. The molecular weight excluding hydrogens is 366 g/mol. The molecule has 1 aliphatic heterocycles. The first kappa shape index (κ1) is 19.3. The van der Waals surface area contributed by atoms with Crippen molar-refractivity contribution in [3.05, 3.63) is 60.2 Å². The smallest absolute Gasteiger partial charge is 0.253 e. The van der Waals surface area contributed by atoms with Gasteiger partial charge in [-0.25, -0.2) is 8.42 Å². The standard InChI is InChI=1S/C19H23N3O4S/c23-19(16-4-2-1-3-5-16)21-14-26-17-6-8-18(9-7-17)27(24,25)15-22-12-10-20-11-13-22/h1-9,20H,10-15H2,(H,21,23). The van der Waals surface area contributed by atoms with E-state index in [1.165, 1.54) is 12.1 Å². The van der Waals surface area contributed by atoms with Crippen LogP contribution in [-0.4, -0.2) is 58.0 Å². The lowest BCUT2D eigenvalue weighted by atomic mass is 10.2. The molecule has 1 saturated heterocycles. The fourth-order valence-electron chi connectivity index (χ4n) is 2.77. The first-order valence-electron chi connectivity index (χ1n) is 8.76. The van der Waals surface area contributed by atoms with Crippen molar-refractivity contribution in [2.24, 2.45) is 0 Å². The van der Waals surface area contributed by atoms with E-state index in [0.29, 0.717) is 11.3 Å². The van der Waals surface area contributed by atoms with Crippen LogP contribution in [0.1, 0.15) is 10.4 Å². The number of nitrogens with one attached hydrogen (secondary N) is 2. The van der Waals surface area contributed by atoms with Crippen LogP contribution < -0.4 is 15.4 Å². The molecule has 27 heavy (non-hydrogen) atoms. The molecule has 8 heteroatoms. The number of amides is 1. The molecule has 1 amide bonds. The summed E-state index contributed by atoms with van der Waals surface area (Å²) in [6, 6.07) is 15.1. The molecule has 0 radical (unpaired) electrons. The normalized spacial score (nSPS) is 15.3. The molecule has 1 heterocycles. The van der Waals surface area contributed by atoms with Crippen LogP contribution in [0, 0.1) is 0 Å². The summed E-state index contributed by atoms with van der Waals surface area (Å²) in [5, 5.41) is 5.86. The van der Waals surface area contributed by atoms with Crippen molar-refractivity contribution in [1.82, 2.24) is 15.5 Å². The maximum Gasteiger partial charge on any atom is 0.253 e. The number of sulfone groups is 1. The fraction of sp³-hybridized carbons (Fsp3) is 0.316. The van der Waals surface area contributed by atoms with E-state index in [1.54, 1.807) is 36.4 Å². The number of hydrogen-bond acceptors (Lipinski definition) is 6. The van der Waals surface area contributed by atoms with Crippen molar-refractivity contribution in [1.29, 1.82) is 0 Å². The van der Waals surface area contributed by atoms with Gasteiger partial charge in [-0.2, -0.15) is 0 Å². The number of rotatable bonds is 7. The summed E-state index contributed by atoms with van der Waals surface area (Å²) in [6.07, 6.45) is 0. The van der Waals surface area contributed by atoms with Gasteiger partial charge in [0.05, 0.1) is 4.90 Å². The molecule has 2 aromatic rings. The second-order valence-corrected chi connectivity index (χ2v) is 8.20. The molecule has 0 unspecified atom stereocenters. The molecule has 2 N–H and O–H groups in total. The highest BCUT2D eigenvalue weighted by Gasteiger charge is 2.20. The van der Waals surface area contributed by atoms with Crippen LogP contribution in [0.4, 0.5) is 0 Å². The zero-order valence-corrected chi connectivity index (χ0v) is 15.7. The maximum atomic E-state index is 12.5. The Bertz CT molecular complexity index is 848. The molecule has 0 saturated carbocycles. The SMILES string of the molecule is O=C(NCOc1ccc(S(=O)(=O)CN2CCNCC2)cc1)c1ccccc1. The highest BCUT2D eigenvalue weighted by Crippen LogP contribution is 2.18. The molecule has 0 bridgehead atoms. The van der Waals surface area contributed by atoms with Gasteiger partial charge in [-0.1, -0.05) is 18.2 Å². The largest absolute Gasteiger partial charge is 0.473 e. The lowest BCUT2D eigenvalue weighted by molar-refractivity contribution is 0.0919. The van der Waals surface area contributed by atoms with Gasteiger partial charge in [0.2, 0.25) is 0 Å². The molecule has 1 fully saturated rings. The quantitative estimate of drug-likeness (QED) is 0.690. The fourth-order valence-corrected chi connectivity index (χ4v) is 4.21. The predicted octanol–water partition coefficient (Wildman–Crippen LogP) is 1.09.